The minimum atomic E-state index is -0.257. The van der Waals surface area contributed by atoms with Crippen LogP contribution in [0.25, 0.3) is 0 Å². The SMILES string of the molecule is CCC(C)Nc1cc(C(=O)Nc2ccc(Br)cc2)ncn1. The van der Waals surface area contributed by atoms with Gasteiger partial charge in [-0.05, 0) is 37.6 Å². The molecule has 2 N–H and O–H groups in total. The summed E-state index contributed by atoms with van der Waals surface area (Å²) in [6.07, 6.45) is 2.37. The van der Waals surface area contributed by atoms with Crippen molar-refractivity contribution >= 4 is 33.3 Å². The molecular weight excluding hydrogens is 332 g/mol. The van der Waals surface area contributed by atoms with E-state index in [4.69, 9.17) is 0 Å². The van der Waals surface area contributed by atoms with Crippen LogP contribution in [-0.2, 0) is 0 Å². The van der Waals surface area contributed by atoms with Gasteiger partial charge in [0.05, 0.1) is 0 Å². The predicted octanol–water partition coefficient (Wildman–Crippen LogP) is 3.70. The lowest BCUT2D eigenvalue weighted by Crippen LogP contribution is -2.17. The van der Waals surface area contributed by atoms with Crippen LogP contribution in [0.4, 0.5) is 11.5 Å². The van der Waals surface area contributed by atoms with Crippen molar-refractivity contribution in [2.24, 2.45) is 0 Å². The zero-order chi connectivity index (χ0) is 15.2. The van der Waals surface area contributed by atoms with Crippen LogP contribution in [-0.4, -0.2) is 21.9 Å². The molecule has 0 radical (unpaired) electrons. The van der Waals surface area contributed by atoms with Gasteiger partial charge in [-0.15, -0.1) is 0 Å². The Hall–Kier alpha value is -1.95. The fraction of sp³-hybridized carbons (Fsp3) is 0.267. The van der Waals surface area contributed by atoms with Crippen molar-refractivity contribution in [3.63, 3.8) is 0 Å². The van der Waals surface area contributed by atoms with Gasteiger partial charge < -0.3 is 10.6 Å². The van der Waals surface area contributed by atoms with Gasteiger partial charge in [-0.3, -0.25) is 4.79 Å². The summed E-state index contributed by atoms with van der Waals surface area (Å²) in [7, 11) is 0. The van der Waals surface area contributed by atoms with Crippen molar-refractivity contribution in [2.45, 2.75) is 26.3 Å². The van der Waals surface area contributed by atoms with Gasteiger partial charge >= 0.3 is 0 Å². The minimum Gasteiger partial charge on any atom is -0.368 e. The molecule has 0 saturated carbocycles. The van der Waals surface area contributed by atoms with Crippen LogP contribution in [0, 0.1) is 0 Å². The Labute approximate surface area is 132 Å². The molecule has 6 heteroatoms. The van der Waals surface area contributed by atoms with Crippen LogP contribution in [0.1, 0.15) is 30.8 Å². The normalized spacial score (nSPS) is 11.8. The summed E-state index contributed by atoms with van der Waals surface area (Å²) >= 11 is 3.35. The van der Waals surface area contributed by atoms with Crippen LogP contribution in [0.15, 0.2) is 41.1 Å². The first-order valence-electron chi connectivity index (χ1n) is 6.74. The highest BCUT2D eigenvalue weighted by Crippen LogP contribution is 2.15. The maximum absolute atomic E-state index is 12.2. The lowest BCUT2D eigenvalue weighted by Gasteiger charge is -2.12. The molecule has 0 aliphatic carbocycles. The van der Waals surface area contributed by atoms with E-state index in [1.165, 1.54) is 6.33 Å². The van der Waals surface area contributed by atoms with E-state index in [-0.39, 0.29) is 5.91 Å². The molecule has 5 nitrogen and oxygen atoms in total. The Balaban J connectivity index is 2.08. The van der Waals surface area contributed by atoms with Crippen molar-refractivity contribution in [3.05, 3.63) is 46.8 Å². The van der Waals surface area contributed by atoms with Crippen molar-refractivity contribution in [3.8, 4) is 0 Å². The Morgan fingerprint density at radius 1 is 1.29 bits per heavy atom. The third kappa shape index (κ3) is 4.53. The molecule has 0 spiro atoms. The molecule has 110 valence electrons. The van der Waals surface area contributed by atoms with Gasteiger partial charge in [0.2, 0.25) is 0 Å². The van der Waals surface area contributed by atoms with E-state index in [0.717, 1.165) is 16.6 Å². The number of rotatable bonds is 5. The molecular formula is C15H17BrN4O. The number of carbonyl (C=O) groups excluding carboxylic acids is 1. The van der Waals surface area contributed by atoms with Crippen molar-refractivity contribution in [1.29, 1.82) is 0 Å². The van der Waals surface area contributed by atoms with E-state index in [1.54, 1.807) is 6.07 Å². The summed E-state index contributed by atoms with van der Waals surface area (Å²) in [4.78, 5) is 20.3. The molecule has 0 fully saturated rings. The Morgan fingerprint density at radius 2 is 2.00 bits per heavy atom. The molecule has 1 atom stereocenters. The first-order valence-corrected chi connectivity index (χ1v) is 7.53. The lowest BCUT2D eigenvalue weighted by atomic mass is 10.2. The van der Waals surface area contributed by atoms with Crippen molar-refractivity contribution in [1.82, 2.24) is 9.97 Å². The van der Waals surface area contributed by atoms with Crippen molar-refractivity contribution < 1.29 is 4.79 Å². The average molecular weight is 349 g/mol. The lowest BCUT2D eigenvalue weighted by molar-refractivity contribution is 0.102. The fourth-order valence-electron chi connectivity index (χ4n) is 1.64. The van der Waals surface area contributed by atoms with E-state index in [9.17, 15) is 4.79 Å². The zero-order valence-electron chi connectivity index (χ0n) is 11.9. The van der Waals surface area contributed by atoms with Gasteiger partial charge in [-0.25, -0.2) is 9.97 Å². The standard InChI is InChI=1S/C15H17BrN4O/c1-3-10(2)19-14-8-13(17-9-18-14)15(21)20-12-6-4-11(16)5-7-12/h4-10H,3H2,1-2H3,(H,20,21)(H,17,18,19). The van der Waals surface area contributed by atoms with Crippen LogP contribution < -0.4 is 10.6 Å². The summed E-state index contributed by atoms with van der Waals surface area (Å²) in [6.45, 7) is 4.14. The van der Waals surface area contributed by atoms with Crippen molar-refractivity contribution in [2.75, 3.05) is 10.6 Å². The highest BCUT2D eigenvalue weighted by atomic mass is 79.9. The number of carbonyl (C=O) groups is 1. The maximum atomic E-state index is 12.2. The Morgan fingerprint density at radius 3 is 2.67 bits per heavy atom. The Kier molecular flexibility index (Phi) is 5.27. The maximum Gasteiger partial charge on any atom is 0.274 e. The third-order valence-electron chi connectivity index (χ3n) is 3.01. The number of halogens is 1. The fourth-order valence-corrected chi connectivity index (χ4v) is 1.91. The van der Waals surface area contributed by atoms with Crippen LogP contribution in [0.5, 0.6) is 0 Å². The number of benzene rings is 1. The number of nitrogens with zero attached hydrogens (tertiary/aromatic N) is 2. The monoisotopic (exact) mass is 348 g/mol. The molecule has 0 bridgehead atoms. The number of nitrogens with one attached hydrogen (secondary N) is 2. The van der Waals surface area contributed by atoms with Crippen LogP contribution in [0.3, 0.4) is 0 Å². The summed E-state index contributed by atoms with van der Waals surface area (Å²) in [5.74, 6) is 0.396. The van der Waals surface area contributed by atoms with Crippen LogP contribution >= 0.6 is 15.9 Å². The second kappa shape index (κ2) is 7.17. The Bertz CT molecular complexity index is 615. The number of amides is 1. The average Bonchev–Trinajstić information content (AvgIpc) is 2.49. The predicted molar refractivity (Wildman–Crippen MR) is 87.5 cm³/mol. The van der Waals surface area contributed by atoms with E-state index in [0.29, 0.717) is 17.6 Å². The molecule has 21 heavy (non-hydrogen) atoms. The second-order valence-corrected chi connectivity index (χ2v) is 5.62. The minimum absolute atomic E-state index is 0.257. The molecule has 0 saturated heterocycles. The summed E-state index contributed by atoms with van der Waals surface area (Å²) in [5.41, 5.74) is 1.05. The molecule has 0 aliphatic rings. The van der Waals surface area contributed by atoms with Gasteiger partial charge in [-0.2, -0.15) is 0 Å². The smallest absolute Gasteiger partial charge is 0.274 e. The first kappa shape index (κ1) is 15.4. The van der Waals surface area contributed by atoms with Crippen LogP contribution in [0.2, 0.25) is 0 Å². The number of hydrogen-bond acceptors (Lipinski definition) is 4. The molecule has 1 amide bonds. The van der Waals surface area contributed by atoms with Gasteiger partial charge in [0.25, 0.3) is 5.91 Å². The summed E-state index contributed by atoms with van der Waals surface area (Å²) in [5, 5.41) is 6.02. The second-order valence-electron chi connectivity index (χ2n) is 4.70. The topological polar surface area (TPSA) is 66.9 Å². The highest BCUT2D eigenvalue weighted by Gasteiger charge is 2.10. The molecule has 2 rings (SSSR count). The highest BCUT2D eigenvalue weighted by molar-refractivity contribution is 9.10. The van der Waals surface area contributed by atoms with E-state index < -0.39 is 0 Å². The molecule has 0 aliphatic heterocycles. The quantitative estimate of drug-likeness (QED) is 0.864. The first-order chi connectivity index (χ1) is 10.1. The van der Waals surface area contributed by atoms with E-state index >= 15 is 0 Å². The third-order valence-corrected chi connectivity index (χ3v) is 3.54. The number of aromatic nitrogens is 2. The molecule has 1 heterocycles. The van der Waals surface area contributed by atoms with E-state index in [2.05, 4.69) is 50.4 Å². The van der Waals surface area contributed by atoms with E-state index in [1.807, 2.05) is 24.3 Å². The van der Waals surface area contributed by atoms with Gasteiger partial charge in [0, 0.05) is 22.3 Å². The molecule has 1 aromatic carbocycles. The summed E-state index contributed by atoms with van der Waals surface area (Å²) in [6, 6.07) is 9.32. The van der Waals surface area contributed by atoms with Gasteiger partial charge in [0.1, 0.15) is 17.8 Å². The number of hydrogen-bond donors (Lipinski definition) is 2. The van der Waals surface area contributed by atoms with Gasteiger partial charge in [0.15, 0.2) is 0 Å². The molecule has 1 unspecified atom stereocenters. The number of anilines is 2. The molecule has 1 aromatic heterocycles. The summed E-state index contributed by atoms with van der Waals surface area (Å²) < 4.78 is 0.961. The largest absolute Gasteiger partial charge is 0.368 e. The molecule has 2 aromatic rings. The zero-order valence-corrected chi connectivity index (χ0v) is 13.5. The van der Waals surface area contributed by atoms with Gasteiger partial charge in [-0.1, -0.05) is 22.9 Å².